The molecule has 0 aromatic heterocycles. The molecule has 3 nitrogen and oxygen atoms in total. The van der Waals surface area contributed by atoms with E-state index >= 15 is 0 Å². The Hall–Kier alpha value is -0.220. The summed E-state index contributed by atoms with van der Waals surface area (Å²) in [6.45, 7) is 11.1. The van der Waals surface area contributed by atoms with Crippen molar-refractivity contribution in [2.45, 2.75) is 51.8 Å². The predicted octanol–water partition coefficient (Wildman–Crippen LogP) is 2.01. The van der Waals surface area contributed by atoms with Gasteiger partial charge in [0.2, 0.25) is 5.91 Å². The molecule has 0 fully saturated rings. The van der Waals surface area contributed by atoms with Crippen LogP contribution in [0.2, 0.25) is 0 Å². The third-order valence-electron chi connectivity index (χ3n) is 2.78. The lowest BCUT2D eigenvalue weighted by molar-refractivity contribution is -0.122. The van der Waals surface area contributed by atoms with Gasteiger partial charge in [0.1, 0.15) is 0 Å². The van der Waals surface area contributed by atoms with Crippen LogP contribution >= 0.6 is 11.8 Å². The van der Waals surface area contributed by atoms with E-state index in [1.54, 1.807) is 11.8 Å². The Balaban J connectivity index is 4.02. The highest BCUT2D eigenvalue weighted by molar-refractivity contribution is 7.99. The zero-order chi connectivity index (χ0) is 13.0. The predicted molar refractivity (Wildman–Crippen MR) is 72.7 cm³/mol. The number of thioether (sulfide) groups is 1. The van der Waals surface area contributed by atoms with E-state index in [1.165, 1.54) is 0 Å². The lowest BCUT2D eigenvalue weighted by atomic mass is 9.85. The molecular weight excluding hydrogens is 220 g/mol. The minimum Gasteiger partial charge on any atom is -0.355 e. The summed E-state index contributed by atoms with van der Waals surface area (Å²) in [6, 6.07) is -0.0927. The first-order valence-electron chi connectivity index (χ1n) is 5.66. The minimum absolute atomic E-state index is 0.0215. The second-order valence-electron chi connectivity index (χ2n) is 5.92. The topological polar surface area (TPSA) is 55.1 Å². The van der Waals surface area contributed by atoms with Crippen LogP contribution in [0.15, 0.2) is 0 Å². The van der Waals surface area contributed by atoms with Gasteiger partial charge in [-0.2, -0.15) is 11.8 Å². The number of amides is 1. The fourth-order valence-corrected chi connectivity index (χ4v) is 1.18. The molecule has 0 heterocycles. The van der Waals surface area contributed by atoms with Crippen LogP contribution < -0.4 is 11.1 Å². The van der Waals surface area contributed by atoms with Crippen LogP contribution in [0.4, 0.5) is 0 Å². The summed E-state index contributed by atoms with van der Waals surface area (Å²) >= 11 is 1.75. The number of rotatable bonds is 5. The molecule has 3 N–H and O–H groups in total. The highest BCUT2D eigenvalue weighted by Gasteiger charge is 2.24. The van der Waals surface area contributed by atoms with Crippen molar-refractivity contribution in [3.05, 3.63) is 0 Å². The number of nitrogens with two attached hydrogens (primary N) is 1. The molecule has 1 unspecified atom stereocenters. The molecule has 1 amide bonds. The van der Waals surface area contributed by atoms with Crippen LogP contribution in [-0.2, 0) is 4.79 Å². The lowest BCUT2D eigenvalue weighted by Gasteiger charge is -2.27. The van der Waals surface area contributed by atoms with Crippen molar-refractivity contribution in [3.8, 4) is 0 Å². The highest BCUT2D eigenvalue weighted by Crippen LogP contribution is 2.21. The van der Waals surface area contributed by atoms with Gasteiger partial charge in [0.15, 0.2) is 0 Å². The number of carbonyl (C=O) groups is 1. The summed E-state index contributed by atoms with van der Waals surface area (Å²) in [7, 11) is 0. The van der Waals surface area contributed by atoms with E-state index < -0.39 is 0 Å². The zero-order valence-electron chi connectivity index (χ0n) is 11.4. The number of nitrogens with one attached hydrogen (secondary N) is 1. The molecule has 0 aliphatic heterocycles. The lowest BCUT2D eigenvalue weighted by Crippen LogP contribution is -2.42. The first kappa shape index (κ1) is 15.8. The number of hydrogen-bond acceptors (Lipinski definition) is 3. The fraction of sp³-hybridized carbons (Fsp3) is 0.917. The molecule has 0 aliphatic rings. The first-order valence-corrected chi connectivity index (χ1v) is 6.88. The smallest absolute Gasteiger partial charge is 0.221 e. The summed E-state index contributed by atoms with van der Waals surface area (Å²) in [5.74, 6) is 0.0459. The molecular formula is C12H26N2OS. The molecule has 0 rings (SSSR count). The van der Waals surface area contributed by atoms with Gasteiger partial charge in [0.05, 0.1) is 0 Å². The van der Waals surface area contributed by atoms with Gasteiger partial charge >= 0.3 is 0 Å². The molecule has 4 heteroatoms. The van der Waals surface area contributed by atoms with E-state index in [1.807, 2.05) is 6.26 Å². The Morgan fingerprint density at radius 3 is 2.19 bits per heavy atom. The number of hydrogen-bond donors (Lipinski definition) is 2. The molecule has 16 heavy (non-hydrogen) atoms. The summed E-state index contributed by atoms with van der Waals surface area (Å²) in [4.78, 5) is 11.7. The van der Waals surface area contributed by atoms with E-state index in [2.05, 4.69) is 39.9 Å². The highest BCUT2D eigenvalue weighted by atomic mass is 32.2. The second-order valence-corrected chi connectivity index (χ2v) is 7.43. The van der Waals surface area contributed by atoms with Crippen LogP contribution in [0, 0.1) is 5.41 Å². The van der Waals surface area contributed by atoms with Crippen LogP contribution in [0.1, 0.15) is 41.0 Å². The van der Waals surface area contributed by atoms with Gasteiger partial charge in [0.25, 0.3) is 0 Å². The zero-order valence-corrected chi connectivity index (χ0v) is 12.2. The third-order valence-corrected chi connectivity index (χ3v) is 4.03. The van der Waals surface area contributed by atoms with E-state index in [4.69, 9.17) is 5.73 Å². The summed E-state index contributed by atoms with van der Waals surface area (Å²) in [6.07, 6.45) is 2.45. The van der Waals surface area contributed by atoms with Gasteiger partial charge in [-0.05, 0) is 25.5 Å². The van der Waals surface area contributed by atoms with E-state index in [0.717, 1.165) is 0 Å². The van der Waals surface area contributed by atoms with Gasteiger partial charge in [-0.3, -0.25) is 4.79 Å². The van der Waals surface area contributed by atoms with Crippen molar-refractivity contribution in [1.29, 1.82) is 0 Å². The van der Waals surface area contributed by atoms with Crippen molar-refractivity contribution in [1.82, 2.24) is 5.32 Å². The Labute approximate surface area is 104 Å². The maximum absolute atomic E-state index is 11.7. The molecule has 0 aromatic rings. The molecule has 1 atom stereocenters. The quantitative estimate of drug-likeness (QED) is 0.780. The monoisotopic (exact) mass is 246 g/mol. The molecule has 0 aromatic carbocycles. The van der Waals surface area contributed by atoms with Crippen molar-refractivity contribution >= 4 is 17.7 Å². The van der Waals surface area contributed by atoms with E-state index in [0.29, 0.717) is 13.0 Å². The van der Waals surface area contributed by atoms with Crippen molar-refractivity contribution in [3.63, 3.8) is 0 Å². The SMILES string of the molecule is CSC(C)(C)CNC(=O)CC(N)C(C)(C)C. The van der Waals surface area contributed by atoms with Gasteiger partial charge in [-0.1, -0.05) is 20.8 Å². The normalized spacial score (nSPS) is 14.7. The third kappa shape index (κ3) is 6.38. The molecule has 96 valence electrons. The molecule has 0 spiro atoms. The Morgan fingerprint density at radius 1 is 1.31 bits per heavy atom. The fourth-order valence-electron chi connectivity index (χ4n) is 0.962. The molecule has 0 saturated heterocycles. The van der Waals surface area contributed by atoms with E-state index in [9.17, 15) is 4.79 Å². The van der Waals surface area contributed by atoms with Crippen LogP contribution in [0.5, 0.6) is 0 Å². The molecule has 0 aliphatic carbocycles. The molecule has 0 saturated carbocycles. The molecule has 0 radical (unpaired) electrons. The second kappa shape index (κ2) is 5.92. The van der Waals surface area contributed by atoms with Crippen LogP contribution in [-0.4, -0.2) is 29.5 Å². The Bertz CT molecular complexity index is 234. The van der Waals surface area contributed by atoms with Crippen molar-refractivity contribution in [2.24, 2.45) is 11.1 Å². The van der Waals surface area contributed by atoms with Gasteiger partial charge in [-0.25, -0.2) is 0 Å². The molecule has 0 bridgehead atoms. The van der Waals surface area contributed by atoms with Gasteiger partial charge in [0, 0.05) is 23.8 Å². The first-order chi connectivity index (χ1) is 7.08. The summed E-state index contributed by atoms with van der Waals surface area (Å²) in [5.41, 5.74) is 5.94. The summed E-state index contributed by atoms with van der Waals surface area (Å²) < 4.78 is 0.0848. The van der Waals surface area contributed by atoms with Crippen molar-refractivity contribution in [2.75, 3.05) is 12.8 Å². The standard InChI is InChI=1S/C12H26N2OS/c1-11(2,3)9(13)7-10(15)14-8-12(4,5)16-6/h9H,7-8,13H2,1-6H3,(H,14,15). The average molecular weight is 246 g/mol. The summed E-state index contributed by atoms with van der Waals surface area (Å²) in [5, 5.41) is 2.94. The number of carbonyl (C=O) groups excluding carboxylic acids is 1. The minimum atomic E-state index is -0.0927. The van der Waals surface area contributed by atoms with Gasteiger partial charge < -0.3 is 11.1 Å². The van der Waals surface area contributed by atoms with Crippen LogP contribution in [0.3, 0.4) is 0 Å². The maximum Gasteiger partial charge on any atom is 0.221 e. The largest absolute Gasteiger partial charge is 0.355 e. The average Bonchev–Trinajstić information content (AvgIpc) is 2.13. The Morgan fingerprint density at radius 2 is 1.81 bits per heavy atom. The van der Waals surface area contributed by atoms with Crippen LogP contribution in [0.25, 0.3) is 0 Å². The van der Waals surface area contributed by atoms with E-state index in [-0.39, 0.29) is 22.1 Å². The van der Waals surface area contributed by atoms with Gasteiger partial charge in [-0.15, -0.1) is 0 Å². The van der Waals surface area contributed by atoms with Crippen molar-refractivity contribution < 1.29 is 4.79 Å². The maximum atomic E-state index is 11.7. The Kier molecular flexibility index (Phi) is 5.84.